The number of hydrogen-bond acceptors (Lipinski definition) is 3. The van der Waals surface area contributed by atoms with E-state index in [4.69, 9.17) is 11.6 Å². The molecule has 2 N–H and O–H groups in total. The lowest BCUT2D eigenvalue weighted by Crippen LogP contribution is -2.10. The molecule has 0 saturated carbocycles. The smallest absolute Gasteiger partial charge is 0.283 e. The fraction of sp³-hybridized carbons (Fsp3) is 0.0714. The van der Waals surface area contributed by atoms with Crippen LogP contribution in [0.5, 0.6) is 5.75 Å². The molecule has 0 amide bonds. The quantitative estimate of drug-likeness (QED) is 0.516. The number of phenols is 1. The number of nitrogens with one attached hydrogen (secondary N) is 1. The van der Waals surface area contributed by atoms with E-state index >= 15 is 0 Å². The van der Waals surface area contributed by atoms with Crippen LogP contribution < -0.4 is 5.32 Å². The number of nitrogens with zero attached hydrogens (tertiary/aromatic N) is 1. The van der Waals surface area contributed by atoms with Gasteiger partial charge in [-0.1, -0.05) is 11.6 Å². The minimum Gasteiger partial charge on any atom is -0.508 e. The molecule has 0 atom stereocenters. The topological polar surface area (TPSA) is 78.8 Å². The predicted octanol–water partition coefficient (Wildman–Crippen LogP) is 3.26. The first-order chi connectivity index (χ1) is 9.87. The first kappa shape index (κ1) is 15.3. The summed E-state index contributed by atoms with van der Waals surface area (Å²) < 4.78 is 27.9. The summed E-state index contributed by atoms with van der Waals surface area (Å²) in [6.45, 7) is 1.54. The van der Waals surface area contributed by atoms with Crippen LogP contribution in [0.15, 0.2) is 57.8 Å². The molecule has 0 heterocycles. The normalized spacial score (nSPS) is 12.2. The van der Waals surface area contributed by atoms with Crippen LogP contribution in [0.4, 0.5) is 5.69 Å². The third kappa shape index (κ3) is 4.21. The van der Waals surface area contributed by atoms with E-state index in [1.165, 1.54) is 36.4 Å². The van der Waals surface area contributed by atoms with Gasteiger partial charge in [0.2, 0.25) is 0 Å². The number of aromatic hydroxyl groups is 1. The standard InChI is InChI=1S/C14H13ClN2O3S/c1-10(16-12-4-6-13(18)7-5-12)17-21(19,20)14-8-2-11(15)3-9-14/h2-9,18H,1H3,(H,16,17). The van der Waals surface area contributed by atoms with E-state index in [1.54, 1.807) is 19.1 Å². The Morgan fingerprint density at radius 2 is 1.67 bits per heavy atom. The third-order valence-electron chi connectivity index (χ3n) is 2.56. The highest BCUT2D eigenvalue weighted by Gasteiger charge is 2.12. The zero-order valence-electron chi connectivity index (χ0n) is 11.1. The first-order valence-corrected chi connectivity index (χ1v) is 7.82. The number of rotatable bonds is 3. The molecule has 0 spiro atoms. The van der Waals surface area contributed by atoms with Crippen molar-refractivity contribution in [1.29, 1.82) is 0 Å². The number of benzene rings is 2. The van der Waals surface area contributed by atoms with Crippen molar-refractivity contribution in [2.75, 3.05) is 5.32 Å². The number of amidine groups is 1. The molecule has 0 aliphatic carbocycles. The predicted molar refractivity (Wildman–Crippen MR) is 83.5 cm³/mol. The molecular formula is C14H13ClN2O3S. The zero-order chi connectivity index (χ0) is 15.5. The molecule has 0 saturated heterocycles. The summed E-state index contributed by atoms with van der Waals surface area (Å²) >= 11 is 5.72. The Bertz CT molecular complexity index is 754. The maximum Gasteiger partial charge on any atom is 0.283 e. The van der Waals surface area contributed by atoms with Crippen molar-refractivity contribution in [1.82, 2.24) is 0 Å². The van der Waals surface area contributed by atoms with Crippen LogP contribution in [0.3, 0.4) is 0 Å². The number of sulfonamides is 1. The molecule has 0 fully saturated rings. The molecule has 0 aliphatic heterocycles. The average molecular weight is 325 g/mol. The molecule has 0 unspecified atom stereocenters. The van der Waals surface area contributed by atoms with E-state index in [2.05, 4.69) is 9.71 Å². The largest absolute Gasteiger partial charge is 0.508 e. The van der Waals surface area contributed by atoms with E-state index in [-0.39, 0.29) is 16.5 Å². The van der Waals surface area contributed by atoms with Gasteiger partial charge in [0.1, 0.15) is 11.6 Å². The van der Waals surface area contributed by atoms with Gasteiger partial charge in [-0.15, -0.1) is 4.40 Å². The molecule has 0 aliphatic rings. The lowest BCUT2D eigenvalue weighted by atomic mass is 10.3. The molecule has 110 valence electrons. The Morgan fingerprint density at radius 1 is 1.10 bits per heavy atom. The first-order valence-electron chi connectivity index (χ1n) is 6.00. The van der Waals surface area contributed by atoms with E-state index in [9.17, 15) is 13.5 Å². The van der Waals surface area contributed by atoms with Crippen molar-refractivity contribution in [3.05, 3.63) is 53.6 Å². The molecule has 2 rings (SSSR count). The summed E-state index contributed by atoms with van der Waals surface area (Å²) in [5.74, 6) is 0.347. The van der Waals surface area contributed by atoms with Crippen molar-refractivity contribution in [3.8, 4) is 5.75 Å². The second kappa shape index (κ2) is 6.15. The van der Waals surface area contributed by atoms with Crippen LogP contribution in [0, 0.1) is 0 Å². The summed E-state index contributed by atoms with van der Waals surface area (Å²) in [5, 5.41) is 12.5. The lowest BCUT2D eigenvalue weighted by Gasteiger charge is -2.06. The van der Waals surface area contributed by atoms with Crippen molar-refractivity contribution in [3.63, 3.8) is 0 Å². The molecule has 21 heavy (non-hydrogen) atoms. The van der Waals surface area contributed by atoms with Gasteiger partial charge in [-0.05, 0) is 55.5 Å². The van der Waals surface area contributed by atoms with Crippen LogP contribution in [-0.2, 0) is 10.0 Å². The molecule has 0 bridgehead atoms. The number of halogens is 1. The number of hydrogen-bond donors (Lipinski definition) is 2. The Labute approximate surface area is 128 Å². The van der Waals surface area contributed by atoms with E-state index in [1.807, 2.05) is 0 Å². The summed E-state index contributed by atoms with van der Waals surface area (Å²) in [6.07, 6.45) is 0. The van der Waals surface area contributed by atoms with Crippen LogP contribution >= 0.6 is 11.6 Å². The van der Waals surface area contributed by atoms with Gasteiger partial charge in [0, 0.05) is 10.7 Å². The Kier molecular flexibility index (Phi) is 4.50. The highest BCUT2D eigenvalue weighted by Crippen LogP contribution is 2.17. The molecule has 2 aromatic carbocycles. The molecule has 0 aromatic heterocycles. The molecule has 5 nitrogen and oxygen atoms in total. The van der Waals surface area contributed by atoms with E-state index < -0.39 is 10.0 Å². The Balaban J connectivity index is 2.20. The van der Waals surface area contributed by atoms with Crippen molar-refractivity contribution in [2.24, 2.45) is 4.40 Å². The van der Waals surface area contributed by atoms with E-state index in [0.29, 0.717) is 10.7 Å². The van der Waals surface area contributed by atoms with Gasteiger partial charge in [-0.2, -0.15) is 8.42 Å². The second-order valence-corrected chi connectivity index (χ2v) is 6.32. The molecule has 2 aromatic rings. The van der Waals surface area contributed by atoms with Gasteiger partial charge < -0.3 is 10.4 Å². The van der Waals surface area contributed by atoms with Gasteiger partial charge in [-0.3, -0.25) is 0 Å². The maximum atomic E-state index is 12.1. The van der Waals surface area contributed by atoms with Crippen LogP contribution in [0.25, 0.3) is 0 Å². The summed E-state index contributed by atoms with van der Waals surface area (Å²) in [5.41, 5.74) is 0.625. The second-order valence-electron chi connectivity index (χ2n) is 4.28. The van der Waals surface area contributed by atoms with Gasteiger partial charge >= 0.3 is 0 Å². The lowest BCUT2D eigenvalue weighted by molar-refractivity contribution is 0.475. The maximum absolute atomic E-state index is 12.1. The fourth-order valence-corrected chi connectivity index (χ4v) is 2.73. The highest BCUT2D eigenvalue weighted by atomic mass is 35.5. The molecular weight excluding hydrogens is 312 g/mol. The minimum atomic E-state index is -3.79. The van der Waals surface area contributed by atoms with E-state index in [0.717, 1.165) is 0 Å². The van der Waals surface area contributed by atoms with Gasteiger partial charge in [0.15, 0.2) is 0 Å². The highest BCUT2D eigenvalue weighted by molar-refractivity contribution is 7.90. The molecule has 7 heteroatoms. The number of anilines is 1. The minimum absolute atomic E-state index is 0.0683. The third-order valence-corrected chi connectivity index (χ3v) is 4.20. The van der Waals surface area contributed by atoms with Crippen molar-refractivity contribution < 1.29 is 13.5 Å². The zero-order valence-corrected chi connectivity index (χ0v) is 12.7. The fourth-order valence-electron chi connectivity index (χ4n) is 1.62. The summed E-state index contributed by atoms with van der Waals surface area (Å²) in [4.78, 5) is 0.0683. The van der Waals surface area contributed by atoms with Crippen LogP contribution in [-0.4, -0.2) is 19.4 Å². The van der Waals surface area contributed by atoms with Gasteiger partial charge in [-0.25, -0.2) is 0 Å². The average Bonchev–Trinajstić information content (AvgIpc) is 2.41. The van der Waals surface area contributed by atoms with Crippen molar-refractivity contribution in [2.45, 2.75) is 11.8 Å². The SMILES string of the molecule is CC(=NS(=O)(=O)c1ccc(Cl)cc1)Nc1ccc(O)cc1. The Hall–Kier alpha value is -2.05. The summed E-state index contributed by atoms with van der Waals surface area (Å²) in [7, 11) is -3.79. The summed E-state index contributed by atoms with van der Waals surface area (Å²) in [6, 6.07) is 12.0. The van der Waals surface area contributed by atoms with Crippen LogP contribution in [0.1, 0.15) is 6.92 Å². The van der Waals surface area contributed by atoms with Crippen molar-refractivity contribution >= 4 is 33.1 Å². The van der Waals surface area contributed by atoms with Gasteiger partial charge in [0.25, 0.3) is 10.0 Å². The van der Waals surface area contributed by atoms with Gasteiger partial charge in [0.05, 0.1) is 4.90 Å². The van der Waals surface area contributed by atoms with Crippen LogP contribution in [0.2, 0.25) is 5.02 Å². The monoisotopic (exact) mass is 324 g/mol. The molecule has 0 radical (unpaired) electrons. The Morgan fingerprint density at radius 3 is 2.24 bits per heavy atom. The number of phenolic OH excluding ortho intramolecular Hbond substituents is 1.